The average molecular weight is 238 g/mol. The number of rotatable bonds is 4. The van der Waals surface area contributed by atoms with Crippen LogP contribution in [0.3, 0.4) is 0 Å². The number of nitrogens with two attached hydrogens (primary N) is 1. The summed E-state index contributed by atoms with van der Waals surface area (Å²) >= 11 is 1.72. The molecule has 1 aromatic rings. The van der Waals surface area contributed by atoms with Crippen molar-refractivity contribution >= 4 is 16.5 Å². The molecular formula is C11H18N4S. The van der Waals surface area contributed by atoms with Gasteiger partial charge in [0, 0.05) is 50.8 Å². The van der Waals surface area contributed by atoms with Gasteiger partial charge < -0.3 is 10.6 Å². The van der Waals surface area contributed by atoms with Gasteiger partial charge in [-0.25, -0.2) is 4.98 Å². The lowest BCUT2D eigenvalue weighted by atomic mass is 10.3. The summed E-state index contributed by atoms with van der Waals surface area (Å²) in [5.41, 5.74) is 5.41. The zero-order chi connectivity index (χ0) is 11.2. The minimum absolute atomic E-state index is 0.638. The molecule has 0 atom stereocenters. The Morgan fingerprint density at radius 2 is 2.12 bits per heavy atom. The molecule has 1 fully saturated rings. The molecule has 0 bridgehead atoms. The van der Waals surface area contributed by atoms with Gasteiger partial charge in [0.05, 0.1) is 0 Å². The van der Waals surface area contributed by atoms with Crippen LogP contribution in [0.2, 0.25) is 0 Å². The van der Waals surface area contributed by atoms with Crippen LogP contribution in [-0.2, 0) is 0 Å². The molecule has 0 saturated carbocycles. The van der Waals surface area contributed by atoms with Gasteiger partial charge in [0.25, 0.3) is 0 Å². The molecule has 88 valence electrons. The fourth-order valence-electron chi connectivity index (χ4n) is 1.81. The van der Waals surface area contributed by atoms with Crippen molar-refractivity contribution in [2.45, 2.75) is 0 Å². The lowest BCUT2D eigenvalue weighted by Crippen LogP contribution is -2.46. The Morgan fingerprint density at radius 3 is 2.75 bits per heavy atom. The van der Waals surface area contributed by atoms with Crippen molar-refractivity contribution < 1.29 is 0 Å². The van der Waals surface area contributed by atoms with E-state index in [1.165, 1.54) is 0 Å². The van der Waals surface area contributed by atoms with Gasteiger partial charge in [-0.3, -0.25) is 4.90 Å². The first-order chi connectivity index (χ1) is 7.90. The van der Waals surface area contributed by atoms with Gasteiger partial charge in [-0.2, -0.15) is 0 Å². The highest BCUT2D eigenvalue weighted by atomic mass is 32.1. The zero-order valence-corrected chi connectivity index (χ0v) is 10.2. The van der Waals surface area contributed by atoms with Crippen LogP contribution in [0.4, 0.5) is 5.13 Å². The number of hydrogen-bond donors (Lipinski definition) is 1. The van der Waals surface area contributed by atoms with E-state index in [9.17, 15) is 0 Å². The monoisotopic (exact) mass is 238 g/mol. The summed E-state index contributed by atoms with van der Waals surface area (Å²) in [4.78, 5) is 9.13. The Labute approximate surface area is 100 Å². The van der Waals surface area contributed by atoms with E-state index in [-0.39, 0.29) is 0 Å². The Morgan fingerprint density at radius 1 is 1.31 bits per heavy atom. The van der Waals surface area contributed by atoms with Crippen molar-refractivity contribution in [1.82, 2.24) is 9.88 Å². The van der Waals surface area contributed by atoms with Crippen molar-refractivity contribution in [3.05, 3.63) is 23.7 Å². The molecule has 0 unspecified atom stereocenters. The fourth-order valence-corrected chi connectivity index (χ4v) is 2.51. The van der Waals surface area contributed by atoms with Crippen molar-refractivity contribution in [3.8, 4) is 0 Å². The molecule has 1 saturated heterocycles. The maximum Gasteiger partial charge on any atom is 0.185 e. The summed E-state index contributed by atoms with van der Waals surface area (Å²) in [6.45, 7) is 6.01. The second kappa shape index (κ2) is 5.98. The topological polar surface area (TPSA) is 45.4 Å². The van der Waals surface area contributed by atoms with Crippen LogP contribution in [0.25, 0.3) is 0 Å². The first-order valence-electron chi connectivity index (χ1n) is 5.62. The summed E-state index contributed by atoms with van der Waals surface area (Å²) in [6.07, 6.45) is 6.04. The first kappa shape index (κ1) is 11.6. The summed E-state index contributed by atoms with van der Waals surface area (Å²) in [6, 6.07) is 0. The standard InChI is InChI=1S/C11H18N4S/c12-3-1-2-5-14-6-8-15(9-7-14)11-13-4-10-16-11/h1-2,4,10H,3,5-9,12H2. The van der Waals surface area contributed by atoms with Crippen LogP contribution in [0, 0.1) is 0 Å². The first-order valence-corrected chi connectivity index (χ1v) is 6.50. The van der Waals surface area contributed by atoms with Gasteiger partial charge in [0.2, 0.25) is 0 Å². The van der Waals surface area contributed by atoms with Crippen molar-refractivity contribution in [2.24, 2.45) is 5.73 Å². The summed E-state index contributed by atoms with van der Waals surface area (Å²) in [5, 5.41) is 3.18. The van der Waals surface area contributed by atoms with Crippen molar-refractivity contribution in [3.63, 3.8) is 0 Å². The minimum Gasteiger partial charge on any atom is -0.346 e. The molecule has 0 aromatic carbocycles. The van der Waals surface area contributed by atoms with E-state index >= 15 is 0 Å². The van der Waals surface area contributed by atoms with Crippen molar-refractivity contribution in [2.75, 3.05) is 44.2 Å². The van der Waals surface area contributed by atoms with Gasteiger partial charge in [0.1, 0.15) is 0 Å². The van der Waals surface area contributed by atoms with E-state index in [1.54, 1.807) is 11.3 Å². The highest BCUT2D eigenvalue weighted by molar-refractivity contribution is 7.13. The van der Waals surface area contributed by atoms with Crippen LogP contribution >= 0.6 is 11.3 Å². The number of nitrogens with zero attached hydrogens (tertiary/aromatic N) is 3. The smallest absolute Gasteiger partial charge is 0.185 e. The Balaban J connectivity index is 1.76. The van der Waals surface area contributed by atoms with Crippen LogP contribution in [0.1, 0.15) is 0 Å². The number of thiazole rings is 1. The molecule has 2 N–H and O–H groups in total. The fraction of sp³-hybridized carbons (Fsp3) is 0.545. The molecule has 0 aliphatic carbocycles. The van der Waals surface area contributed by atoms with Crippen LogP contribution in [0.15, 0.2) is 23.7 Å². The highest BCUT2D eigenvalue weighted by Gasteiger charge is 2.17. The number of piperazine rings is 1. The van der Waals surface area contributed by atoms with Gasteiger partial charge in [0.15, 0.2) is 5.13 Å². The SMILES string of the molecule is NCC=CCN1CCN(c2nccs2)CC1. The highest BCUT2D eigenvalue weighted by Crippen LogP contribution is 2.18. The zero-order valence-electron chi connectivity index (χ0n) is 9.38. The maximum atomic E-state index is 5.41. The predicted molar refractivity (Wildman–Crippen MR) is 69.0 cm³/mol. The van der Waals surface area contributed by atoms with Crippen LogP contribution < -0.4 is 10.6 Å². The Kier molecular flexibility index (Phi) is 4.33. The molecule has 1 aromatic heterocycles. The molecule has 2 heterocycles. The molecule has 4 nitrogen and oxygen atoms in total. The third-order valence-corrected chi connectivity index (χ3v) is 3.56. The number of aromatic nitrogens is 1. The molecule has 0 radical (unpaired) electrons. The maximum absolute atomic E-state index is 5.41. The molecule has 16 heavy (non-hydrogen) atoms. The third kappa shape index (κ3) is 3.04. The largest absolute Gasteiger partial charge is 0.346 e. The predicted octanol–water partition coefficient (Wildman–Crippen LogP) is 0.780. The molecule has 0 amide bonds. The molecule has 5 heteroatoms. The van der Waals surface area contributed by atoms with Gasteiger partial charge >= 0.3 is 0 Å². The number of hydrogen-bond acceptors (Lipinski definition) is 5. The van der Waals surface area contributed by atoms with E-state index in [0.717, 1.165) is 37.9 Å². The Bertz CT molecular complexity index is 315. The van der Waals surface area contributed by atoms with E-state index in [4.69, 9.17) is 5.73 Å². The molecular weight excluding hydrogens is 220 g/mol. The lowest BCUT2D eigenvalue weighted by molar-refractivity contribution is 0.284. The van der Waals surface area contributed by atoms with Crippen LogP contribution in [-0.4, -0.2) is 49.2 Å². The van der Waals surface area contributed by atoms with Gasteiger partial charge in [-0.15, -0.1) is 11.3 Å². The molecule has 2 rings (SSSR count). The molecule has 0 spiro atoms. The van der Waals surface area contributed by atoms with E-state index < -0.39 is 0 Å². The summed E-state index contributed by atoms with van der Waals surface area (Å²) in [5.74, 6) is 0. The summed E-state index contributed by atoms with van der Waals surface area (Å²) in [7, 11) is 0. The summed E-state index contributed by atoms with van der Waals surface area (Å²) < 4.78 is 0. The average Bonchev–Trinajstić information content (AvgIpc) is 2.84. The lowest BCUT2D eigenvalue weighted by Gasteiger charge is -2.33. The quantitative estimate of drug-likeness (QED) is 0.787. The van der Waals surface area contributed by atoms with Gasteiger partial charge in [-0.1, -0.05) is 12.2 Å². The second-order valence-electron chi connectivity index (χ2n) is 3.81. The Hall–Kier alpha value is -0.910. The van der Waals surface area contributed by atoms with Crippen molar-refractivity contribution in [1.29, 1.82) is 0 Å². The van der Waals surface area contributed by atoms with Gasteiger partial charge in [-0.05, 0) is 0 Å². The third-order valence-electron chi connectivity index (χ3n) is 2.73. The van der Waals surface area contributed by atoms with E-state index in [0.29, 0.717) is 6.54 Å². The molecule has 1 aliphatic rings. The van der Waals surface area contributed by atoms with Crippen LogP contribution in [0.5, 0.6) is 0 Å². The second-order valence-corrected chi connectivity index (χ2v) is 4.68. The van der Waals surface area contributed by atoms with E-state index in [1.807, 2.05) is 17.7 Å². The van der Waals surface area contributed by atoms with E-state index in [2.05, 4.69) is 20.9 Å². The molecule has 1 aliphatic heterocycles. The minimum atomic E-state index is 0.638. The normalized spacial score (nSPS) is 18.4. The number of anilines is 1.